The first-order chi connectivity index (χ1) is 6.16. The minimum absolute atomic E-state index is 0.192. The van der Waals surface area contributed by atoms with Gasteiger partial charge < -0.3 is 5.73 Å². The molecule has 0 saturated carbocycles. The minimum atomic E-state index is -0.233. The minimum Gasteiger partial charge on any atom is -0.324 e. The monoisotopic (exact) mass is 245 g/mol. The molecule has 1 aromatic carbocycles. The molecule has 13 heavy (non-hydrogen) atoms. The Morgan fingerprint density at radius 3 is 2.85 bits per heavy atom. The van der Waals surface area contributed by atoms with Crippen molar-refractivity contribution >= 4 is 15.9 Å². The zero-order valence-electron chi connectivity index (χ0n) is 7.56. The summed E-state index contributed by atoms with van der Waals surface area (Å²) in [6.45, 7) is 2.04. The van der Waals surface area contributed by atoms with E-state index in [1.165, 1.54) is 0 Å². The number of nitrogens with two attached hydrogens (primary N) is 1. The van der Waals surface area contributed by atoms with Crippen LogP contribution >= 0.6 is 15.9 Å². The van der Waals surface area contributed by atoms with Crippen LogP contribution in [-0.4, -0.2) is 0 Å². The molecule has 0 radical (unpaired) electrons. The molecule has 0 spiro atoms. The molecule has 0 aliphatic rings. The second-order valence-electron chi connectivity index (χ2n) is 3.04. The van der Waals surface area contributed by atoms with Crippen LogP contribution in [-0.2, 0) is 0 Å². The first-order valence-corrected chi connectivity index (χ1v) is 5.15. The van der Waals surface area contributed by atoms with E-state index in [9.17, 15) is 4.39 Å². The average Bonchev–Trinajstić information content (AvgIpc) is 2.10. The Morgan fingerprint density at radius 1 is 1.54 bits per heavy atom. The van der Waals surface area contributed by atoms with Crippen LogP contribution in [0.1, 0.15) is 31.4 Å². The summed E-state index contributed by atoms with van der Waals surface area (Å²) in [6.07, 6.45) is 1.78. The molecule has 1 aromatic rings. The van der Waals surface area contributed by atoms with Crippen molar-refractivity contribution in [1.82, 2.24) is 0 Å². The quantitative estimate of drug-likeness (QED) is 0.869. The Hall–Kier alpha value is -0.410. The smallest absolute Gasteiger partial charge is 0.142 e. The van der Waals surface area contributed by atoms with E-state index in [1.54, 1.807) is 18.2 Å². The molecule has 3 heteroatoms. The highest BCUT2D eigenvalue weighted by atomic mass is 79.9. The molecule has 1 atom stereocenters. The molecular weight excluding hydrogens is 233 g/mol. The van der Waals surface area contributed by atoms with Crippen molar-refractivity contribution in [3.05, 3.63) is 34.1 Å². The Kier molecular flexibility index (Phi) is 3.88. The van der Waals surface area contributed by atoms with Gasteiger partial charge in [0.2, 0.25) is 0 Å². The molecule has 0 aromatic heterocycles. The van der Waals surface area contributed by atoms with Crippen LogP contribution in [0.3, 0.4) is 0 Å². The Morgan fingerprint density at radius 2 is 2.23 bits per heavy atom. The Balaban J connectivity index is 2.93. The van der Waals surface area contributed by atoms with Gasteiger partial charge in [-0.15, -0.1) is 0 Å². The molecule has 0 aliphatic carbocycles. The fraction of sp³-hybridized carbons (Fsp3) is 0.400. The van der Waals surface area contributed by atoms with Crippen molar-refractivity contribution in [2.45, 2.75) is 25.8 Å². The zero-order chi connectivity index (χ0) is 9.84. The number of rotatable bonds is 3. The topological polar surface area (TPSA) is 26.0 Å². The Labute approximate surface area is 86.3 Å². The van der Waals surface area contributed by atoms with E-state index in [-0.39, 0.29) is 11.9 Å². The molecule has 0 aliphatic heterocycles. The van der Waals surface area contributed by atoms with Gasteiger partial charge in [-0.25, -0.2) is 4.39 Å². The maximum atomic E-state index is 13.4. The van der Waals surface area contributed by atoms with Gasteiger partial charge in [0.05, 0.1) is 4.47 Å². The summed E-state index contributed by atoms with van der Waals surface area (Å²) in [5, 5.41) is 0. The zero-order valence-corrected chi connectivity index (χ0v) is 9.14. The van der Waals surface area contributed by atoms with Gasteiger partial charge in [-0.05, 0) is 28.4 Å². The summed E-state index contributed by atoms with van der Waals surface area (Å²) in [6, 6.07) is 5.03. The highest BCUT2D eigenvalue weighted by Crippen LogP contribution is 2.24. The van der Waals surface area contributed by atoms with Crippen LogP contribution in [0.25, 0.3) is 0 Å². The number of halogens is 2. The molecule has 72 valence electrons. The third-order valence-electron chi connectivity index (χ3n) is 1.98. The lowest BCUT2D eigenvalue weighted by Crippen LogP contribution is -2.11. The lowest BCUT2D eigenvalue weighted by atomic mass is 10.0. The molecule has 0 fully saturated rings. The van der Waals surface area contributed by atoms with Crippen molar-refractivity contribution in [2.24, 2.45) is 5.73 Å². The van der Waals surface area contributed by atoms with Crippen molar-refractivity contribution in [2.75, 3.05) is 0 Å². The van der Waals surface area contributed by atoms with Crippen molar-refractivity contribution in [1.29, 1.82) is 0 Å². The lowest BCUT2D eigenvalue weighted by molar-refractivity contribution is 0.555. The summed E-state index contributed by atoms with van der Waals surface area (Å²) >= 11 is 3.13. The summed E-state index contributed by atoms with van der Waals surface area (Å²) in [5.74, 6) is -0.233. The SMILES string of the molecule is CCC[C@H](N)c1cccc(Br)c1F. The highest BCUT2D eigenvalue weighted by molar-refractivity contribution is 9.10. The fourth-order valence-corrected chi connectivity index (χ4v) is 1.65. The van der Waals surface area contributed by atoms with Crippen molar-refractivity contribution < 1.29 is 4.39 Å². The summed E-state index contributed by atoms with van der Waals surface area (Å²) in [4.78, 5) is 0. The number of hydrogen-bond donors (Lipinski definition) is 1. The first kappa shape index (κ1) is 10.7. The van der Waals surface area contributed by atoms with Gasteiger partial charge in [0.1, 0.15) is 5.82 Å². The maximum Gasteiger partial charge on any atom is 0.142 e. The van der Waals surface area contributed by atoms with E-state index in [0.29, 0.717) is 10.0 Å². The van der Waals surface area contributed by atoms with E-state index < -0.39 is 0 Å². The van der Waals surface area contributed by atoms with Crippen LogP contribution in [0.15, 0.2) is 22.7 Å². The third kappa shape index (κ3) is 2.51. The molecule has 0 heterocycles. The largest absolute Gasteiger partial charge is 0.324 e. The second-order valence-corrected chi connectivity index (χ2v) is 3.89. The molecule has 1 rings (SSSR count). The van der Waals surface area contributed by atoms with Gasteiger partial charge >= 0.3 is 0 Å². The van der Waals surface area contributed by atoms with Crippen LogP contribution in [0.5, 0.6) is 0 Å². The van der Waals surface area contributed by atoms with E-state index >= 15 is 0 Å². The predicted octanol–water partition coefficient (Wildman–Crippen LogP) is 3.39. The van der Waals surface area contributed by atoms with E-state index in [4.69, 9.17) is 5.73 Å². The van der Waals surface area contributed by atoms with E-state index in [0.717, 1.165) is 12.8 Å². The fourth-order valence-electron chi connectivity index (χ4n) is 1.27. The molecule has 0 bridgehead atoms. The lowest BCUT2D eigenvalue weighted by Gasteiger charge is -2.12. The number of hydrogen-bond acceptors (Lipinski definition) is 1. The highest BCUT2D eigenvalue weighted by Gasteiger charge is 2.11. The molecule has 2 N–H and O–H groups in total. The molecule has 1 nitrogen and oxygen atoms in total. The molecule has 0 unspecified atom stereocenters. The van der Waals surface area contributed by atoms with Gasteiger partial charge in [0.15, 0.2) is 0 Å². The standard InChI is InChI=1S/C10H13BrFN/c1-2-4-9(13)7-5-3-6-8(11)10(7)12/h3,5-6,9H,2,4,13H2,1H3/t9-/m0/s1. The van der Waals surface area contributed by atoms with Gasteiger partial charge in [-0.2, -0.15) is 0 Å². The maximum absolute atomic E-state index is 13.4. The molecule has 0 amide bonds. The third-order valence-corrected chi connectivity index (χ3v) is 2.59. The van der Waals surface area contributed by atoms with Crippen LogP contribution < -0.4 is 5.73 Å². The van der Waals surface area contributed by atoms with Crippen LogP contribution in [0.4, 0.5) is 4.39 Å². The van der Waals surface area contributed by atoms with Gasteiger partial charge in [0, 0.05) is 11.6 Å². The van der Waals surface area contributed by atoms with Crippen molar-refractivity contribution in [3.63, 3.8) is 0 Å². The molecule has 0 saturated heterocycles. The van der Waals surface area contributed by atoms with Crippen LogP contribution in [0.2, 0.25) is 0 Å². The van der Waals surface area contributed by atoms with E-state index in [2.05, 4.69) is 15.9 Å². The predicted molar refractivity (Wildman–Crippen MR) is 55.9 cm³/mol. The molecular formula is C10H13BrFN. The first-order valence-electron chi connectivity index (χ1n) is 4.36. The second kappa shape index (κ2) is 4.72. The Bertz CT molecular complexity index is 288. The summed E-state index contributed by atoms with van der Waals surface area (Å²) in [5.41, 5.74) is 6.41. The van der Waals surface area contributed by atoms with Crippen molar-refractivity contribution in [3.8, 4) is 0 Å². The summed E-state index contributed by atoms with van der Waals surface area (Å²) in [7, 11) is 0. The van der Waals surface area contributed by atoms with Crippen LogP contribution in [0, 0.1) is 5.82 Å². The van der Waals surface area contributed by atoms with E-state index in [1.807, 2.05) is 6.92 Å². The average molecular weight is 246 g/mol. The normalized spacial score (nSPS) is 12.9. The van der Waals surface area contributed by atoms with Gasteiger partial charge in [-0.1, -0.05) is 25.5 Å². The van der Waals surface area contributed by atoms with Gasteiger partial charge in [0.25, 0.3) is 0 Å². The number of benzene rings is 1. The van der Waals surface area contributed by atoms with Gasteiger partial charge in [-0.3, -0.25) is 0 Å². The summed E-state index contributed by atoms with van der Waals surface area (Å²) < 4.78 is 13.9.